The molecule has 0 spiro atoms. The van der Waals surface area contributed by atoms with E-state index in [0.717, 1.165) is 32.1 Å². The lowest BCUT2D eigenvalue weighted by atomic mass is 9.74. The fraction of sp³-hybridized carbons (Fsp3) is 0.895. The third-order valence-electron chi connectivity index (χ3n) is 4.18. The largest absolute Gasteiger partial charge is 0.465 e. The van der Waals surface area contributed by atoms with E-state index < -0.39 is 11.0 Å². The maximum Gasteiger partial charge on any atom is 0.313 e. The van der Waals surface area contributed by atoms with Gasteiger partial charge in [-0.3, -0.25) is 9.59 Å². The second-order valence-electron chi connectivity index (χ2n) is 6.77. The molecule has 1 heterocycles. The van der Waals surface area contributed by atoms with Gasteiger partial charge in [0.1, 0.15) is 5.60 Å². The lowest BCUT2D eigenvalue weighted by Crippen LogP contribution is -2.48. The molecule has 23 heavy (non-hydrogen) atoms. The van der Waals surface area contributed by atoms with Gasteiger partial charge < -0.3 is 9.47 Å². The van der Waals surface area contributed by atoms with E-state index in [1.54, 1.807) is 0 Å². The zero-order valence-electron chi connectivity index (χ0n) is 16.2. The van der Waals surface area contributed by atoms with Crippen molar-refractivity contribution in [2.75, 3.05) is 6.61 Å². The van der Waals surface area contributed by atoms with E-state index in [0.29, 0.717) is 13.0 Å². The molecule has 0 N–H and O–H groups in total. The highest BCUT2D eigenvalue weighted by Gasteiger charge is 2.50. The summed E-state index contributed by atoms with van der Waals surface area (Å²) in [5, 5.41) is 0. The Balaban J connectivity index is 0.00000112. The number of hydrogen-bond acceptors (Lipinski definition) is 4. The molecule has 1 saturated carbocycles. The van der Waals surface area contributed by atoms with E-state index in [2.05, 4.69) is 0 Å². The maximum absolute atomic E-state index is 12.2. The molecule has 1 unspecified atom stereocenters. The van der Waals surface area contributed by atoms with Crippen LogP contribution < -0.4 is 0 Å². The summed E-state index contributed by atoms with van der Waals surface area (Å²) < 4.78 is 10.9. The first-order chi connectivity index (χ1) is 10.9. The summed E-state index contributed by atoms with van der Waals surface area (Å²) in [6.07, 6.45) is 5.43. The summed E-state index contributed by atoms with van der Waals surface area (Å²) in [6.45, 7) is 14.0. The number of cyclic esters (lactones) is 1. The van der Waals surface area contributed by atoms with Gasteiger partial charge in [-0.2, -0.15) is 0 Å². The Hall–Kier alpha value is -1.06. The van der Waals surface area contributed by atoms with Gasteiger partial charge in [-0.25, -0.2) is 0 Å². The fourth-order valence-electron chi connectivity index (χ4n) is 2.98. The van der Waals surface area contributed by atoms with Crippen LogP contribution in [0.2, 0.25) is 0 Å². The van der Waals surface area contributed by atoms with Crippen LogP contribution in [0.25, 0.3) is 0 Å². The molecule has 0 amide bonds. The minimum atomic E-state index is -0.615. The monoisotopic (exact) mass is 328 g/mol. The SMILES string of the molecule is CC.CC.CC(C)(C)C(=O)OC1(C2CCOC2=O)CCCCC1. The number of esters is 2. The Morgan fingerprint density at radius 3 is 2.00 bits per heavy atom. The normalized spacial score (nSPS) is 22.7. The Bertz CT molecular complexity index is 362. The van der Waals surface area contributed by atoms with Crippen LogP contribution in [0.15, 0.2) is 0 Å². The average Bonchev–Trinajstić information content (AvgIpc) is 2.98. The number of carbonyl (C=O) groups excluding carboxylic acids is 2. The average molecular weight is 328 g/mol. The first-order valence-corrected chi connectivity index (χ1v) is 9.25. The molecule has 1 saturated heterocycles. The van der Waals surface area contributed by atoms with Gasteiger partial charge in [0.2, 0.25) is 0 Å². The van der Waals surface area contributed by atoms with Crippen LogP contribution in [0, 0.1) is 11.3 Å². The van der Waals surface area contributed by atoms with Crippen LogP contribution in [0.5, 0.6) is 0 Å². The number of carbonyl (C=O) groups is 2. The topological polar surface area (TPSA) is 52.6 Å². The van der Waals surface area contributed by atoms with Gasteiger partial charge >= 0.3 is 11.9 Å². The van der Waals surface area contributed by atoms with E-state index in [-0.39, 0.29) is 17.9 Å². The molecule has 2 aliphatic rings. The van der Waals surface area contributed by atoms with E-state index >= 15 is 0 Å². The lowest BCUT2D eigenvalue weighted by molar-refractivity contribution is -0.183. The molecule has 4 heteroatoms. The molecule has 1 aliphatic carbocycles. The predicted molar refractivity (Wildman–Crippen MR) is 93.1 cm³/mol. The molecule has 1 aliphatic heterocycles. The highest BCUT2D eigenvalue weighted by Crippen LogP contribution is 2.43. The van der Waals surface area contributed by atoms with Crippen molar-refractivity contribution >= 4 is 11.9 Å². The van der Waals surface area contributed by atoms with Crippen molar-refractivity contribution in [1.29, 1.82) is 0 Å². The number of rotatable bonds is 2. The van der Waals surface area contributed by atoms with Crippen molar-refractivity contribution in [3.8, 4) is 0 Å². The minimum absolute atomic E-state index is 0.191. The first kappa shape index (κ1) is 21.9. The summed E-state index contributed by atoms with van der Waals surface area (Å²) in [5.74, 6) is -0.670. The smallest absolute Gasteiger partial charge is 0.313 e. The fourth-order valence-corrected chi connectivity index (χ4v) is 2.98. The van der Waals surface area contributed by atoms with Gasteiger partial charge in [0.25, 0.3) is 0 Å². The van der Waals surface area contributed by atoms with Gasteiger partial charge in [-0.15, -0.1) is 0 Å². The van der Waals surface area contributed by atoms with Crippen molar-refractivity contribution < 1.29 is 19.1 Å². The molecule has 1 atom stereocenters. The van der Waals surface area contributed by atoms with Crippen molar-refractivity contribution in [3.05, 3.63) is 0 Å². The van der Waals surface area contributed by atoms with Crippen LogP contribution in [0.1, 0.15) is 87.0 Å². The maximum atomic E-state index is 12.2. The van der Waals surface area contributed by atoms with Crippen LogP contribution in [0.3, 0.4) is 0 Å². The molecule has 4 nitrogen and oxygen atoms in total. The standard InChI is InChI=1S/C15H24O4.2C2H6/c1-14(2,3)13(17)19-15(8-5-4-6-9-15)11-7-10-18-12(11)16;2*1-2/h11H,4-10H2,1-3H3;2*1-2H3. The molecule has 0 aromatic carbocycles. The summed E-state index contributed by atoms with van der Waals surface area (Å²) in [4.78, 5) is 24.1. The second-order valence-corrected chi connectivity index (χ2v) is 6.77. The van der Waals surface area contributed by atoms with Crippen molar-refractivity contribution in [2.24, 2.45) is 11.3 Å². The summed E-state index contributed by atoms with van der Waals surface area (Å²) >= 11 is 0. The van der Waals surface area contributed by atoms with Crippen LogP contribution in [-0.4, -0.2) is 24.1 Å². The molecule has 2 fully saturated rings. The van der Waals surface area contributed by atoms with Crippen molar-refractivity contribution in [1.82, 2.24) is 0 Å². The van der Waals surface area contributed by atoms with E-state index in [1.165, 1.54) is 0 Å². The van der Waals surface area contributed by atoms with Gasteiger partial charge in [0.05, 0.1) is 17.9 Å². The molecular formula is C19H36O4. The van der Waals surface area contributed by atoms with E-state index in [4.69, 9.17) is 9.47 Å². The molecule has 0 bridgehead atoms. The Morgan fingerprint density at radius 2 is 1.61 bits per heavy atom. The third-order valence-corrected chi connectivity index (χ3v) is 4.18. The minimum Gasteiger partial charge on any atom is -0.465 e. The number of hydrogen-bond donors (Lipinski definition) is 0. The summed E-state index contributed by atoms with van der Waals surface area (Å²) in [5.41, 5.74) is -1.15. The zero-order chi connectivity index (χ0) is 18.1. The number of ether oxygens (including phenoxy) is 2. The van der Waals surface area contributed by atoms with E-state index in [9.17, 15) is 9.59 Å². The van der Waals surface area contributed by atoms with Crippen LogP contribution >= 0.6 is 0 Å². The predicted octanol–water partition coefficient (Wildman–Crippen LogP) is 4.89. The van der Waals surface area contributed by atoms with Crippen LogP contribution in [-0.2, 0) is 19.1 Å². The molecule has 0 aromatic heterocycles. The summed E-state index contributed by atoms with van der Waals surface area (Å²) in [6, 6.07) is 0. The Kier molecular flexibility index (Phi) is 9.48. The molecule has 0 aromatic rings. The summed E-state index contributed by atoms with van der Waals surface area (Å²) in [7, 11) is 0. The second kappa shape index (κ2) is 9.94. The third kappa shape index (κ3) is 5.82. The van der Waals surface area contributed by atoms with Crippen LogP contribution in [0.4, 0.5) is 0 Å². The molecule has 136 valence electrons. The lowest BCUT2D eigenvalue weighted by Gasteiger charge is -2.41. The Labute approximate surface area is 142 Å². The van der Waals surface area contributed by atoms with Gasteiger partial charge in [0, 0.05) is 0 Å². The van der Waals surface area contributed by atoms with Crippen molar-refractivity contribution in [3.63, 3.8) is 0 Å². The molecular weight excluding hydrogens is 292 g/mol. The zero-order valence-corrected chi connectivity index (χ0v) is 16.2. The van der Waals surface area contributed by atoms with Gasteiger partial charge in [-0.05, 0) is 52.9 Å². The first-order valence-electron chi connectivity index (χ1n) is 9.25. The molecule has 2 rings (SSSR count). The quantitative estimate of drug-likeness (QED) is 0.677. The van der Waals surface area contributed by atoms with Gasteiger partial charge in [-0.1, -0.05) is 34.1 Å². The van der Waals surface area contributed by atoms with E-state index in [1.807, 2.05) is 48.5 Å². The van der Waals surface area contributed by atoms with Gasteiger partial charge in [0.15, 0.2) is 0 Å². The Morgan fingerprint density at radius 1 is 1.09 bits per heavy atom. The molecule has 0 radical (unpaired) electrons. The highest BCUT2D eigenvalue weighted by atomic mass is 16.6. The van der Waals surface area contributed by atoms with Crippen molar-refractivity contribution in [2.45, 2.75) is 92.6 Å². The highest BCUT2D eigenvalue weighted by molar-refractivity contribution is 5.79.